The molecule has 25 heavy (non-hydrogen) atoms. The molecule has 0 bridgehead atoms. The van der Waals surface area contributed by atoms with Crippen molar-refractivity contribution in [1.82, 2.24) is 19.9 Å². The number of amides is 1. The molecule has 7 heteroatoms. The second kappa shape index (κ2) is 8.29. The lowest BCUT2D eigenvalue weighted by Crippen LogP contribution is -2.27. The fraction of sp³-hybridized carbons (Fsp3) is 0.444. The number of fused-ring (bicyclic) bond motifs is 1. The Bertz CT molecular complexity index is 860. The monoisotopic (exact) mass is 358 g/mol. The number of aromatic nitrogens is 3. The number of carbonyl (C=O) groups is 1. The van der Waals surface area contributed by atoms with Crippen LogP contribution in [0.4, 0.5) is 0 Å². The minimum absolute atomic E-state index is 0.0726. The second-order valence-corrected chi connectivity index (χ2v) is 7.09. The molecule has 1 N–H and O–H groups in total. The summed E-state index contributed by atoms with van der Waals surface area (Å²) in [5.41, 5.74) is 2.41. The SMILES string of the molecule is Cn1c(=O)c(SCC(=O)NCCC2=CCCCC2)nc2cccnc21. The molecule has 132 valence electrons. The van der Waals surface area contributed by atoms with Crippen molar-refractivity contribution in [3.05, 3.63) is 40.3 Å². The van der Waals surface area contributed by atoms with Crippen LogP contribution in [0.3, 0.4) is 0 Å². The van der Waals surface area contributed by atoms with Gasteiger partial charge in [0.05, 0.1) is 5.75 Å². The number of hydrogen-bond donors (Lipinski definition) is 1. The van der Waals surface area contributed by atoms with Gasteiger partial charge >= 0.3 is 0 Å². The summed E-state index contributed by atoms with van der Waals surface area (Å²) in [4.78, 5) is 32.8. The Morgan fingerprint density at radius 1 is 1.40 bits per heavy atom. The number of carbonyl (C=O) groups excluding carboxylic acids is 1. The summed E-state index contributed by atoms with van der Waals surface area (Å²) in [6, 6.07) is 3.59. The molecule has 0 saturated carbocycles. The summed E-state index contributed by atoms with van der Waals surface area (Å²) in [6.45, 7) is 0.651. The summed E-state index contributed by atoms with van der Waals surface area (Å²) in [5, 5.41) is 3.25. The van der Waals surface area contributed by atoms with E-state index in [9.17, 15) is 9.59 Å². The minimum atomic E-state index is -0.226. The predicted octanol–water partition coefficient (Wildman–Crippen LogP) is 2.43. The highest BCUT2D eigenvalue weighted by molar-refractivity contribution is 7.99. The van der Waals surface area contributed by atoms with Crippen LogP contribution in [0, 0.1) is 0 Å². The zero-order valence-electron chi connectivity index (χ0n) is 14.3. The van der Waals surface area contributed by atoms with Gasteiger partial charge in [0.15, 0.2) is 10.7 Å². The largest absolute Gasteiger partial charge is 0.355 e. The molecular formula is C18H22N4O2S. The third-order valence-corrected chi connectivity index (χ3v) is 5.23. The first kappa shape index (κ1) is 17.7. The average molecular weight is 358 g/mol. The van der Waals surface area contributed by atoms with E-state index in [0.717, 1.165) is 19.3 Å². The zero-order chi connectivity index (χ0) is 17.6. The molecule has 0 saturated heterocycles. The van der Waals surface area contributed by atoms with Gasteiger partial charge in [-0.05, 0) is 44.2 Å². The lowest BCUT2D eigenvalue weighted by Gasteiger charge is -2.12. The van der Waals surface area contributed by atoms with Gasteiger partial charge in [0, 0.05) is 19.8 Å². The molecule has 2 heterocycles. The third-order valence-electron chi connectivity index (χ3n) is 4.29. The number of allylic oxidation sites excluding steroid dienone is 1. The molecule has 1 aliphatic carbocycles. The maximum atomic E-state index is 12.3. The van der Waals surface area contributed by atoms with E-state index in [4.69, 9.17) is 0 Å². The van der Waals surface area contributed by atoms with Gasteiger partial charge in [-0.25, -0.2) is 9.97 Å². The van der Waals surface area contributed by atoms with Crippen molar-refractivity contribution in [2.75, 3.05) is 12.3 Å². The van der Waals surface area contributed by atoms with Gasteiger partial charge in [-0.3, -0.25) is 14.2 Å². The highest BCUT2D eigenvalue weighted by atomic mass is 32.2. The molecule has 0 unspecified atom stereocenters. The van der Waals surface area contributed by atoms with Crippen LogP contribution in [0.5, 0.6) is 0 Å². The highest BCUT2D eigenvalue weighted by Gasteiger charge is 2.12. The minimum Gasteiger partial charge on any atom is -0.355 e. The van der Waals surface area contributed by atoms with Crippen molar-refractivity contribution in [2.24, 2.45) is 7.05 Å². The highest BCUT2D eigenvalue weighted by Crippen LogP contribution is 2.19. The lowest BCUT2D eigenvalue weighted by atomic mass is 9.97. The first-order valence-electron chi connectivity index (χ1n) is 8.54. The summed E-state index contributed by atoms with van der Waals surface area (Å²) in [5.74, 6) is 0.115. The average Bonchev–Trinajstić information content (AvgIpc) is 2.64. The summed E-state index contributed by atoms with van der Waals surface area (Å²) >= 11 is 1.17. The Kier molecular flexibility index (Phi) is 5.86. The number of rotatable bonds is 6. The number of hydrogen-bond acceptors (Lipinski definition) is 5. The molecule has 6 nitrogen and oxygen atoms in total. The van der Waals surface area contributed by atoms with Crippen molar-refractivity contribution in [3.63, 3.8) is 0 Å². The van der Waals surface area contributed by atoms with Crippen molar-refractivity contribution in [2.45, 2.75) is 37.1 Å². The molecule has 0 spiro atoms. The number of aryl methyl sites for hydroxylation is 1. The number of nitrogens with one attached hydrogen (secondary N) is 1. The Labute approximate surface area is 150 Å². The third kappa shape index (κ3) is 4.48. The topological polar surface area (TPSA) is 76.9 Å². The van der Waals surface area contributed by atoms with Crippen molar-refractivity contribution in [3.8, 4) is 0 Å². The predicted molar refractivity (Wildman–Crippen MR) is 99.7 cm³/mol. The van der Waals surface area contributed by atoms with Crippen LogP contribution < -0.4 is 10.9 Å². The Morgan fingerprint density at radius 2 is 2.28 bits per heavy atom. The van der Waals surface area contributed by atoms with E-state index in [0.29, 0.717) is 22.7 Å². The van der Waals surface area contributed by atoms with Crippen molar-refractivity contribution >= 4 is 28.8 Å². The molecular weight excluding hydrogens is 336 g/mol. The van der Waals surface area contributed by atoms with Gasteiger partial charge in [-0.15, -0.1) is 0 Å². The van der Waals surface area contributed by atoms with E-state index in [-0.39, 0.29) is 17.2 Å². The molecule has 0 radical (unpaired) electrons. The van der Waals surface area contributed by atoms with Gasteiger partial charge in [0.2, 0.25) is 5.91 Å². The van der Waals surface area contributed by atoms with Crippen LogP contribution in [0.2, 0.25) is 0 Å². The quantitative estimate of drug-likeness (QED) is 0.634. The first-order chi connectivity index (χ1) is 12.1. The fourth-order valence-electron chi connectivity index (χ4n) is 2.90. The van der Waals surface area contributed by atoms with E-state index in [1.807, 2.05) is 6.07 Å². The summed E-state index contributed by atoms with van der Waals surface area (Å²) < 4.78 is 1.47. The molecule has 0 fully saturated rings. The molecule has 3 rings (SSSR count). The Morgan fingerprint density at radius 3 is 3.08 bits per heavy atom. The summed E-state index contributed by atoms with van der Waals surface area (Å²) in [6.07, 6.45) is 9.67. The number of nitrogens with zero attached hydrogens (tertiary/aromatic N) is 3. The lowest BCUT2D eigenvalue weighted by molar-refractivity contribution is -0.118. The van der Waals surface area contributed by atoms with Crippen LogP contribution in [-0.2, 0) is 11.8 Å². The molecule has 2 aromatic rings. The van der Waals surface area contributed by atoms with Crippen LogP contribution in [0.15, 0.2) is 39.8 Å². The maximum absolute atomic E-state index is 12.3. The van der Waals surface area contributed by atoms with Gasteiger partial charge in [0.25, 0.3) is 5.56 Å². The number of thioether (sulfide) groups is 1. The molecule has 0 aromatic carbocycles. The van der Waals surface area contributed by atoms with Crippen LogP contribution >= 0.6 is 11.8 Å². The van der Waals surface area contributed by atoms with E-state index >= 15 is 0 Å². The van der Waals surface area contributed by atoms with Gasteiger partial charge < -0.3 is 5.32 Å². The Balaban J connectivity index is 1.55. The molecule has 1 amide bonds. The molecule has 0 atom stereocenters. The van der Waals surface area contributed by atoms with Gasteiger partial charge in [-0.1, -0.05) is 23.4 Å². The van der Waals surface area contributed by atoms with Crippen LogP contribution in [-0.4, -0.2) is 32.7 Å². The zero-order valence-corrected chi connectivity index (χ0v) is 15.1. The van der Waals surface area contributed by atoms with Gasteiger partial charge in [0.1, 0.15) is 5.52 Å². The maximum Gasteiger partial charge on any atom is 0.284 e. The fourth-order valence-corrected chi connectivity index (χ4v) is 3.70. The standard InChI is InChI=1S/C18H22N4O2S/c1-22-16-14(8-5-10-20-16)21-17(18(22)24)25-12-15(23)19-11-9-13-6-3-2-4-7-13/h5-6,8,10H,2-4,7,9,11-12H2,1H3,(H,19,23). The normalized spacial score (nSPS) is 14.4. The smallest absolute Gasteiger partial charge is 0.284 e. The molecule has 1 aliphatic rings. The van der Waals surface area contributed by atoms with Crippen LogP contribution in [0.25, 0.3) is 11.2 Å². The molecule has 2 aromatic heterocycles. The number of pyridine rings is 1. The van der Waals surface area contributed by atoms with E-state index in [2.05, 4.69) is 21.4 Å². The second-order valence-electron chi connectivity index (χ2n) is 6.12. The van der Waals surface area contributed by atoms with Gasteiger partial charge in [-0.2, -0.15) is 0 Å². The van der Waals surface area contributed by atoms with Crippen LogP contribution in [0.1, 0.15) is 32.1 Å². The summed E-state index contributed by atoms with van der Waals surface area (Å²) in [7, 11) is 1.67. The van der Waals surface area contributed by atoms with E-state index in [1.54, 1.807) is 19.3 Å². The van der Waals surface area contributed by atoms with Crippen molar-refractivity contribution < 1.29 is 4.79 Å². The molecule has 0 aliphatic heterocycles. The first-order valence-corrected chi connectivity index (χ1v) is 9.53. The van der Waals surface area contributed by atoms with E-state index in [1.165, 1.54) is 34.7 Å². The van der Waals surface area contributed by atoms with Crippen molar-refractivity contribution in [1.29, 1.82) is 0 Å². The van der Waals surface area contributed by atoms with E-state index < -0.39 is 0 Å². The Hall–Kier alpha value is -2.15.